The molecule has 4 heterocycles. The van der Waals surface area contributed by atoms with Crippen LogP contribution in [-0.4, -0.2) is 66.9 Å². The standard InChI is InChI=1S/C26H28N8O2/c1-16-12-18(14-27)30-34(16)25-20(17(2)35)8-10-24(29-25)33-15-28-21-13-19(7-9-22(21)33)32-11-5-6-23(32)26(36)31(3)4/h7-10,12-13,15,17,23,35H,5-6,11H2,1-4H3. The number of amides is 1. The fourth-order valence-electron chi connectivity index (χ4n) is 4.82. The Bertz CT molecular complexity index is 1490. The van der Waals surface area contributed by atoms with Gasteiger partial charge < -0.3 is 14.9 Å². The van der Waals surface area contributed by atoms with Crippen molar-refractivity contribution in [2.24, 2.45) is 0 Å². The number of nitriles is 1. The minimum atomic E-state index is -0.768. The van der Waals surface area contributed by atoms with Crippen LogP contribution in [0.5, 0.6) is 0 Å². The van der Waals surface area contributed by atoms with Crippen LogP contribution in [-0.2, 0) is 4.79 Å². The van der Waals surface area contributed by atoms with E-state index in [0.717, 1.165) is 41.8 Å². The number of likely N-dealkylation sites (N-methyl/N-ethyl adjacent to an activating group) is 1. The first-order chi connectivity index (χ1) is 17.3. The number of aryl methyl sites for hydroxylation is 1. The Balaban J connectivity index is 1.55. The molecular formula is C26H28N8O2. The molecule has 1 aromatic carbocycles. The number of imidazole rings is 1. The largest absolute Gasteiger partial charge is 0.389 e. The maximum Gasteiger partial charge on any atom is 0.244 e. The Kier molecular flexibility index (Phi) is 5.94. The minimum Gasteiger partial charge on any atom is -0.389 e. The highest BCUT2D eigenvalue weighted by atomic mass is 16.3. The number of hydrogen-bond donors (Lipinski definition) is 1. The van der Waals surface area contributed by atoms with Crippen molar-refractivity contribution in [2.75, 3.05) is 25.5 Å². The smallest absolute Gasteiger partial charge is 0.244 e. The molecule has 1 aliphatic rings. The summed E-state index contributed by atoms with van der Waals surface area (Å²) in [5.41, 5.74) is 4.26. The van der Waals surface area contributed by atoms with Crippen molar-refractivity contribution in [3.05, 3.63) is 59.7 Å². The Morgan fingerprint density at radius 3 is 2.75 bits per heavy atom. The van der Waals surface area contributed by atoms with Gasteiger partial charge in [-0.1, -0.05) is 0 Å². The number of aliphatic hydroxyl groups excluding tert-OH is 1. The van der Waals surface area contributed by atoms with E-state index in [4.69, 9.17) is 4.98 Å². The third-order valence-electron chi connectivity index (χ3n) is 6.63. The number of aromatic nitrogens is 5. The Labute approximate surface area is 209 Å². The summed E-state index contributed by atoms with van der Waals surface area (Å²) < 4.78 is 3.46. The molecule has 10 heteroatoms. The average Bonchev–Trinajstić information content (AvgIpc) is 3.60. The predicted octanol–water partition coefficient (Wildman–Crippen LogP) is 2.90. The van der Waals surface area contributed by atoms with Gasteiger partial charge in [0, 0.05) is 37.6 Å². The third kappa shape index (κ3) is 3.97. The highest BCUT2D eigenvalue weighted by Crippen LogP contribution is 2.30. The molecule has 0 saturated carbocycles. The summed E-state index contributed by atoms with van der Waals surface area (Å²) >= 11 is 0. The second-order valence-corrected chi connectivity index (χ2v) is 9.32. The second kappa shape index (κ2) is 9.09. The molecule has 0 spiro atoms. The summed E-state index contributed by atoms with van der Waals surface area (Å²) in [5.74, 6) is 1.18. The summed E-state index contributed by atoms with van der Waals surface area (Å²) in [6, 6.07) is 13.2. The van der Waals surface area contributed by atoms with Crippen LogP contribution >= 0.6 is 0 Å². The number of benzene rings is 1. The van der Waals surface area contributed by atoms with Gasteiger partial charge in [0.15, 0.2) is 11.5 Å². The van der Waals surface area contributed by atoms with Crippen molar-refractivity contribution in [1.29, 1.82) is 5.26 Å². The van der Waals surface area contributed by atoms with E-state index >= 15 is 0 Å². The van der Waals surface area contributed by atoms with E-state index in [0.29, 0.717) is 17.2 Å². The van der Waals surface area contributed by atoms with Crippen LogP contribution in [0.4, 0.5) is 5.69 Å². The third-order valence-corrected chi connectivity index (χ3v) is 6.63. The van der Waals surface area contributed by atoms with E-state index in [1.807, 2.05) is 41.8 Å². The van der Waals surface area contributed by atoms with Crippen LogP contribution in [0.25, 0.3) is 22.7 Å². The number of aliphatic hydroxyl groups is 1. The van der Waals surface area contributed by atoms with Crippen molar-refractivity contribution in [1.82, 2.24) is 29.2 Å². The number of carbonyl (C=O) groups excluding carboxylic acids is 1. The van der Waals surface area contributed by atoms with Crippen molar-refractivity contribution in [2.45, 2.75) is 38.8 Å². The monoisotopic (exact) mass is 484 g/mol. The molecule has 2 unspecified atom stereocenters. The van der Waals surface area contributed by atoms with Gasteiger partial charge in [-0.2, -0.15) is 10.4 Å². The lowest BCUT2D eigenvalue weighted by Gasteiger charge is -2.28. The van der Waals surface area contributed by atoms with Crippen molar-refractivity contribution in [3.63, 3.8) is 0 Å². The zero-order chi connectivity index (χ0) is 25.6. The molecule has 3 aromatic heterocycles. The number of pyridine rings is 1. The van der Waals surface area contributed by atoms with Gasteiger partial charge in [0.05, 0.1) is 17.1 Å². The summed E-state index contributed by atoms with van der Waals surface area (Å²) in [4.78, 5) is 25.9. The first-order valence-electron chi connectivity index (χ1n) is 11.9. The molecule has 4 aromatic rings. The fraction of sp³-hybridized carbons (Fsp3) is 0.346. The highest BCUT2D eigenvalue weighted by molar-refractivity contribution is 5.87. The normalized spacial score (nSPS) is 16.3. The molecule has 184 valence electrons. The van der Waals surface area contributed by atoms with Crippen molar-refractivity contribution in [3.8, 4) is 17.7 Å². The molecule has 5 rings (SSSR count). The number of anilines is 1. The van der Waals surface area contributed by atoms with Gasteiger partial charge >= 0.3 is 0 Å². The van der Waals surface area contributed by atoms with Gasteiger partial charge in [-0.25, -0.2) is 14.6 Å². The fourth-order valence-corrected chi connectivity index (χ4v) is 4.82. The molecule has 1 fully saturated rings. The molecule has 2 atom stereocenters. The SMILES string of the molecule is Cc1cc(C#N)nn1-c1nc(-n2cnc3cc(N4CCCC4C(=O)N(C)C)ccc32)ccc1C(C)O. The molecule has 0 radical (unpaired) electrons. The molecule has 10 nitrogen and oxygen atoms in total. The minimum absolute atomic E-state index is 0.113. The van der Waals surface area contributed by atoms with E-state index in [2.05, 4.69) is 21.1 Å². The van der Waals surface area contributed by atoms with Crippen molar-refractivity contribution >= 4 is 22.6 Å². The van der Waals surface area contributed by atoms with E-state index in [-0.39, 0.29) is 17.6 Å². The Hall–Kier alpha value is -4.23. The van der Waals surface area contributed by atoms with Gasteiger partial charge in [0.2, 0.25) is 5.91 Å². The zero-order valence-corrected chi connectivity index (χ0v) is 20.8. The summed E-state index contributed by atoms with van der Waals surface area (Å²) in [6.07, 6.45) is 2.76. The molecule has 0 bridgehead atoms. The lowest BCUT2D eigenvalue weighted by atomic mass is 10.1. The number of rotatable bonds is 5. The lowest BCUT2D eigenvalue weighted by molar-refractivity contribution is -0.129. The number of nitrogens with zero attached hydrogens (tertiary/aromatic N) is 8. The first kappa shape index (κ1) is 23.5. The quantitative estimate of drug-likeness (QED) is 0.463. The topological polar surface area (TPSA) is 116 Å². The van der Waals surface area contributed by atoms with Gasteiger partial charge in [-0.15, -0.1) is 0 Å². The van der Waals surface area contributed by atoms with E-state index in [9.17, 15) is 15.2 Å². The molecule has 1 amide bonds. The number of fused-ring (bicyclic) bond motifs is 1. The van der Waals surface area contributed by atoms with Crippen LogP contribution in [0.3, 0.4) is 0 Å². The number of hydrogen-bond acceptors (Lipinski definition) is 7. The molecule has 0 aliphatic carbocycles. The van der Waals surface area contributed by atoms with E-state index < -0.39 is 6.10 Å². The van der Waals surface area contributed by atoms with Gasteiger partial charge in [-0.05, 0) is 63.1 Å². The second-order valence-electron chi connectivity index (χ2n) is 9.32. The van der Waals surface area contributed by atoms with Crippen LogP contribution in [0.1, 0.15) is 42.8 Å². The van der Waals surface area contributed by atoms with Crippen LogP contribution < -0.4 is 4.90 Å². The Morgan fingerprint density at radius 1 is 1.25 bits per heavy atom. The van der Waals surface area contributed by atoms with E-state index in [1.54, 1.807) is 43.0 Å². The van der Waals surface area contributed by atoms with Crippen LogP contribution in [0.2, 0.25) is 0 Å². The first-order valence-corrected chi connectivity index (χ1v) is 11.9. The molecule has 1 N–H and O–H groups in total. The summed E-state index contributed by atoms with van der Waals surface area (Å²) in [7, 11) is 3.58. The maximum absolute atomic E-state index is 12.7. The zero-order valence-electron chi connectivity index (χ0n) is 20.8. The van der Waals surface area contributed by atoms with Crippen LogP contribution in [0.15, 0.2) is 42.7 Å². The highest BCUT2D eigenvalue weighted by Gasteiger charge is 2.32. The molecule has 36 heavy (non-hydrogen) atoms. The predicted molar refractivity (Wildman–Crippen MR) is 135 cm³/mol. The molecular weight excluding hydrogens is 456 g/mol. The maximum atomic E-state index is 12.7. The number of carbonyl (C=O) groups is 1. The lowest BCUT2D eigenvalue weighted by Crippen LogP contribution is -2.42. The summed E-state index contributed by atoms with van der Waals surface area (Å²) in [6.45, 7) is 4.34. The molecule has 1 aliphatic heterocycles. The van der Waals surface area contributed by atoms with Gasteiger partial charge in [0.1, 0.15) is 24.3 Å². The summed E-state index contributed by atoms with van der Waals surface area (Å²) in [5, 5.41) is 23.9. The van der Waals surface area contributed by atoms with Crippen LogP contribution in [0, 0.1) is 18.3 Å². The van der Waals surface area contributed by atoms with Gasteiger partial charge in [0.25, 0.3) is 0 Å². The van der Waals surface area contributed by atoms with E-state index in [1.165, 1.54) is 0 Å². The average molecular weight is 485 g/mol. The van der Waals surface area contributed by atoms with Gasteiger partial charge in [-0.3, -0.25) is 9.36 Å². The van der Waals surface area contributed by atoms with Crippen molar-refractivity contribution < 1.29 is 9.90 Å². The Morgan fingerprint density at radius 2 is 2.06 bits per heavy atom. The molecule has 1 saturated heterocycles.